The fourth-order valence-electron chi connectivity index (χ4n) is 2.09. The average Bonchev–Trinajstić information content (AvgIpc) is 2.40. The van der Waals surface area contributed by atoms with Gasteiger partial charge in [0.25, 0.3) is 0 Å². The van der Waals surface area contributed by atoms with Gasteiger partial charge in [-0.3, -0.25) is 0 Å². The SMILES string of the molecule is CN[C@@H]1c2cc(C)ccc2C[C@H]1O. The number of aliphatic hydroxyl groups excluding tert-OH is 1. The summed E-state index contributed by atoms with van der Waals surface area (Å²) in [5.41, 5.74) is 3.79. The second-order valence-corrected chi connectivity index (χ2v) is 3.74. The van der Waals surface area contributed by atoms with E-state index >= 15 is 0 Å². The smallest absolute Gasteiger partial charge is 0.0775 e. The molecule has 13 heavy (non-hydrogen) atoms. The van der Waals surface area contributed by atoms with Crippen LogP contribution in [0.2, 0.25) is 0 Å². The summed E-state index contributed by atoms with van der Waals surface area (Å²) < 4.78 is 0. The van der Waals surface area contributed by atoms with Crippen LogP contribution in [0, 0.1) is 6.92 Å². The molecule has 0 bridgehead atoms. The molecule has 2 heteroatoms. The Labute approximate surface area is 78.6 Å². The molecule has 1 aliphatic carbocycles. The van der Waals surface area contributed by atoms with Crippen LogP contribution in [-0.2, 0) is 6.42 Å². The van der Waals surface area contributed by atoms with E-state index in [-0.39, 0.29) is 12.1 Å². The largest absolute Gasteiger partial charge is 0.391 e. The molecular formula is C11H15NO. The van der Waals surface area contributed by atoms with Gasteiger partial charge in [-0.2, -0.15) is 0 Å². The maximum atomic E-state index is 9.74. The number of likely N-dealkylation sites (N-methyl/N-ethyl adjacent to an activating group) is 1. The molecule has 0 fully saturated rings. The van der Waals surface area contributed by atoms with Gasteiger partial charge in [-0.05, 0) is 25.1 Å². The minimum absolute atomic E-state index is 0.120. The summed E-state index contributed by atoms with van der Waals surface area (Å²) in [5, 5.41) is 12.9. The van der Waals surface area contributed by atoms with Crippen LogP contribution in [0.25, 0.3) is 0 Å². The standard InChI is InChI=1S/C11H15NO/c1-7-3-4-8-6-10(13)11(12-2)9(8)5-7/h3-5,10-13H,6H2,1-2H3/t10-,11-/m1/s1. The summed E-state index contributed by atoms with van der Waals surface area (Å²) in [6.45, 7) is 2.08. The predicted molar refractivity (Wildman–Crippen MR) is 52.7 cm³/mol. The Morgan fingerprint density at radius 1 is 1.46 bits per heavy atom. The Kier molecular flexibility index (Phi) is 2.10. The van der Waals surface area contributed by atoms with Crippen molar-refractivity contribution in [2.75, 3.05) is 7.05 Å². The van der Waals surface area contributed by atoms with E-state index in [2.05, 4.69) is 30.4 Å². The molecule has 2 rings (SSSR count). The third-order valence-corrected chi connectivity index (χ3v) is 2.76. The van der Waals surface area contributed by atoms with Crippen molar-refractivity contribution in [2.24, 2.45) is 0 Å². The molecule has 0 saturated heterocycles. The normalized spacial score (nSPS) is 26.1. The zero-order valence-electron chi connectivity index (χ0n) is 8.04. The van der Waals surface area contributed by atoms with Gasteiger partial charge in [-0.25, -0.2) is 0 Å². The highest BCUT2D eigenvalue weighted by molar-refractivity contribution is 5.39. The van der Waals surface area contributed by atoms with Gasteiger partial charge in [0.05, 0.1) is 12.1 Å². The summed E-state index contributed by atoms with van der Waals surface area (Å²) in [4.78, 5) is 0. The van der Waals surface area contributed by atoms with Crippen LogP contribution in [0.4, 0.5) is 0 Å². The van der Waals surface area contributed by atoms with E-state index in [4.69, 9.17) is 0 Å². The van der Waals surface area contributed by atoms with Crippen LogP contribution in [0.15, 0.2) is 18.2 Å². The van der Waals surface area contributed by atoms with E-state index in [0.29, 0.717) is 0 Å². The zero-order valence-corrected chi connectivity index (χ0v) is 8.04. The molecule has 0 saturated carbocycles. The monoisotopic (exact) mass is 177 g/mol. The van der Waals surface area contributed by atoms with Crippen LogP contribution >= 0.6 is 0 Å². The second kappa shape index (κ2) is 3.13. The van der Waals surface area contributed by atoms with E-state index in [1.165, 1.54) is 16.7 Å². The van der Waals surface area contributed by atoms with E-state index in [1.807, 2.05) is 7.05 Å². The number of aryl methyl sites for hydroxylation is 1. The Bertz CT molecular complexity index is 322. The molecule has 2 atom stereocenters. The van der Waals surface area contributed by atoms with E-state index in [9.17, 15) is 5.11 Å². The number of rotatable bonds is 1. The number of fused-ring (bicyclic) bond motifs is 1. The third kappa shape index (κ3) is 1.36. The Morgan fingerprint density at radius 3 is 2.92 bits per heavy atom. The van der Waals surface area contributed by atoms with Crippen molar-refractivity contribution in [3.05, 3.63) is 34.9 Å². The highest BCUT2D eigenvalue weighted by Gasteiger charge is 2.29. The molecule has 1 aromatic carbocycles. The average molecular weight is 177 g/mol. The first-order chi connectivity index (χ1) is 6.22. The van der Waals surface area contributed by atoms with Gasteiger partial charge in [0, 0.05) is 6.42 Å². The first-order valence-corrected chi connectivity index (χ1v) is 4.67. The summed E-state index contributed by atoms with van der Waals surface area (Å²) >= 11 is 0. The van der Waals surface area contributed by atoms with Crippen molar-refractivity contribution in [1.29, 1.82) is 0 Å². The number of aliphatic hydroxyl groups is 1. The second-order valence-electron chi connectivity index (χ2n) is 3.74. The first-order valence-electron chi connectivity index (χ1n) is 4.67. The van der Waals surface area contributed by atoms with Crippen molar-refractivity contribution in [3.8, 4) is 0 Å². The fraction of sp³-hybridized carbons (Fsp3) is 0.455. The van der Waals surface area contributed by atoms with Crippen LogP contribution in [0.1, 0.15) is 22.7 Å². The van der Waals surface area contributed by atoms with Crippen molar-refractivity contribution in [1.82, 2.24) is 5.32 Å². The van der Waals surface area contributed by atoms with Crippen molar-refractivity contribution in [3.63, 3.8) is 0 Å². The van der Waals surface area contributed by atoms with Crippen LogP contribution in [0.5, 0.6) is 0 Å². The van der Waals surface area contributed by atoms with Gasteiger partial charge in [-0.15, -0.1) is 0 Å². The number of benzene rings is 1. The Morgan fingerprint density at radius 2 is 2.23 bits per heavy atom. The minimum Gasteiger partial charge on any atom is -0.391 e. The lowest BCUT2D eigenvalue weighted by atomic mass is 10.1. The molecule has 0 amide bonds. The van der Waals surface area contributed by atoms with Gasteiger partial charge in [0.15, 0.2) is 0 Å². The van der Waals surface area contributed by atoms with Crippen molar-refractivity contribution < 1.29 is 5.11 Å². The van der Waals surface area contributed by atoms with Gasteiger partial charge in [0.1, 0.15) is 0 Å². The molecule has 1 aliphatic rings. The van der Waals surface area contributed by atoms with Crippen LogP contribution in [0.3, 0.4) is 0 Å². The lowest BCUT2D eigenvalue weighted by Crippen LogP contribution is -2.25. The van der Waals surface area contributed by atoms with Gasteiger partial charge in [0.2, 0.25) is 0 Å². The summed E-state index contributed by atoms with van der Waals surface area (Å²) in [5.74, 6) is 0. The molecule has 2 nitrogen and oxygen atoms in total. The summed E-state index contributed by atoms with van der Waals surface area (Å²) in [6.07, 6.45) is 0.517. The van der Waals surface area contributed by atoms with Gasteiger partial charge in [-0.1, -0.05) is 23.8 Å². The molecule has 0 radical (unpaired) electrons. The maximum absolute atomic E-state index is 9.74. The van der Waals surface area contributed by atoms with Gasteiger partial charge < -0.3 is 10.4 Å². The molecule has 70 valence electrons. The van der Waals surface area contributed by atoms with E-state index in [1.54, 1.807) is 0 Å². The minimum atomic E-state index is -0.262. The van der Waals surface area contributed by atoms with Gasteiger partial charge >= 0.3 is 0 Å². The quantitative estimate of drug-likeness (QED) is 0.675. The molecule has 0 aromatic heterocycles. The Balaban J connectivity index is 2.44. The maximum Gasteiger partial charge on any atom is 0.0775 e. The fourth-order valence-corrected chi connectivity index (χ4v) is 2.09. The molecule has 0 heterocycles. The van der Waals surface area contributed by atoms with Crippen molar-refractivity contribution in [2.45, 2.75) is 25.5 Å². The van der Waals surface area contributed by atoms with E-state index < -0.39 is 0 Å². The summed E-state index contributed by atoms with van der Waals surface area (Å²) in [7, 11) is 1.89. The highest BCUT2D eigenvalue weighted by Crippen LogP contribution is 2.31. The molecule has 1 aromatic rings. The third-order valence-electron chi connectivity index (χ3n) is 2.76. The Hall–Kier alpha value is -0.860. The number of hydrogen-bond donors (Lipinski definition) is 2. The highest BCUT2D eigenvalue weighted by atomic mass is 16.3. The molecule has 0 unspecified atom stereocenters. The molecule has 2 N–H and O–H groups in total. The van der Waals surface area contributed by atoms with Crippen LogP contribution in [-0.4, -0.2) is 18.3 Å². The molecule has 0 aliphatic heterocycles. The molecular weight excluding hydrogens is 162 g/mol. The van der Waals surface area contributed by atoms with E-state index in [0.717, 1.165) is 6.42 Å². The number of nitrogens with one attached hydrogen (secondary N) is 1. The summed E-state index contributed by atoms with van der Waals surface area (Å²) in [6, 6.07) is 6.50. The predicted octanol–water partition coefficient (Wildman–Crippen LogP) is 1.17. The van der Waals surface area contributed by atoms with Crippen molar-refractivity contribution >= 4 is 0 Å². The van der Waals surface area contributed by atoms with Crippen LogP contribution < -0.4 is 5.32 Å². The lowest BCUT2D eigenvalue weighted by molar-refractivity contribution is 0.145. The first kappa shape index (κ1) is 8.73. The topological polar surface area (TPSA) is 32.3 Å². The number of hydrogen-bond acceptors (Lipinski definition) is 2. The molecule has 0 spiro atoms. The zero-order chi connectivity index (χ0) is 9.42. The lowest BCUT2D eigenvalue weighted by Gasteiger charge is -2.14.